The van der Waals surface area contributed by atoms with Crippen LogP contribution in [-0.4, -0.2) is 16.8 Å². The zero-order valence-electron chi connectivity index (χ0n) is 11.9. The number of benzene rings is 2. The van der Waals surface area contributed by atoms with Gasteiger partial charge in [-0.2, -0.15) is 5.10 Å². The number of halogens is 1. The van der Waals surface area contributed by atoms with Gasteiger partial charge in [0.2, 0.25) is 0 Å². The van der Waals surface area contributed by atoms with E-state index in [0.29, 0.717) is 5.02 Å². The van der Waals surface area contributed by atoms with E-state index >= 15 is 0 Å². The highest BCUT2D eigenvalue weighted by atomic mass is 35.5. The lowest BCUT2D eigenvalue weighted by molar-refractivity contribution is 0.475. The summed E-state index contributed by atoms with van der Waals surface area (Å²) >= 11 is 6.07. The Balaban J connectivity index is 1.95. The maximum Gasteiger partial charge on any atom is 0.133 e. The number of nitrogens with zero attached hydrogens (tertiary/aromatic N) is 2. The molecule has 2 aromatic carbocycles. The molecule has 0 saturated carbocycles. The van der Waals surface area contributed by atoms with E-state index in [0.717, 1.165) is 34.5 Å². The number of rotatable bonds is 4. The van der Waals surface area contributed by atoms with Crippen LogP contribution < -0.4 is 10.1 Å². The molecule has 3 aromatic rings. The van der Waals surface area contributed by atoms with Gasteiger partial charge < -0.3 is 10.1 Å². The molecule has 21 heavy (non-hydrogen) atoms. The number of aryl methyl sites for hydroxylation is 1. The Morgan fingerprint density at radius 2 is 2.10 bits per heavy atom. The van der Waals surface area contributed by atoms with Crippen molar-refractivity contribution >= 4 is 22.5 Å². The summed E-state index contributed by atoms with van der Waals surface area (Å²) in [5, 5.41) is 9.07. The van der Waals surface area contributed by atoms with E-state index in [1.807, 2.05) is 61.4 Å². The van der Waals surface area contributed by atoms with Gasteiger partial charge in [-0.3, -0.25) is 4.68 Å². The lowest BCUT2D eigenvalue weighted by Crippen LogP contribution is -2.06. The normalized spacial score (nSPS) is 11.0. The second-order valence-electron chi connectivity index (χ2n) is 4.87. The summed E-state index contributed by atoms with van der Waals surface area (Å²) in [5.74, 6) is 1.54. The van der Waals surface area contributed by atoms with Crippen molar-refractivity contribution in [2.24, 2.45) is 7.05 Å². The number of aromatic nitrogens is 2. The van der Waals surface area contributed by atoms with E-state index in [9.17, 15) is 0 Å². The standard InChI is InChI=1S/C16H16ClN3O/c1-18-9-11-3-4-13(17)8-16(11)21-14-5-6-15-12(7-14)10-19-20(15)2/h3-8,10,18H,9H2,1-2H3. The molecule has 1 aromatic heterocycles. The molecule has 1 N–H and O–H groups in total. The second-order valence-corrected chi connectivity index (χ2v) is 5.31. The summed E-state index contributed by atoms with van der Waals surface area (Å²) in [4.78, 5) is 0. The summed E-state index contributed by atoms with van der Waals surface area (Å²) in [5.41, 5.74) is 2.14. The fourth-order valence-electron chi connectivity index (χ4n) is 2.29. The van der Waals surface area contributed by atoms with Gasteiger partial charge in [-0.25, -0.2) is 0 Å². The van der Waals surface area contributed by atoms with Crippen molar-refractivity contribution in [3.05, 3.63) is 53.2 Å². The SMILES string of the molecule is CNCc1ccc(Cl)cc1Oc1ccc2c(cnn2C)c1. The van der Waals surface area contributed by atoms with Crippen LogP contribution in [0.15, 0.2) is 42.6 Å². The molecule has 0 fully saturated rings. The predicted octanol–water partition coefficient (Wildman–Crippen LogP) is 3.74. The average molecular weight is 302 g/mol. The number of fused-ring (bicyclic) bond motifs is 1. The lowest BCUT2D eigenvalue weighted by Gasteiger charge is -2.11. The Kier molecular flexibility index (Phi) is 3.82. The molecule has 5 heteroatoms. The smallest absolute Gasteiger partial charge is 0.133 e. The number of ether oxygens (including phenoxy) is 1. The first kappa shape index (κ1) is 13.9. The van der Waals surface area contributed by atoms with Crippen molar-refractivity contribution < 1.29 is 4.74 Å². The highest BCUT2D eigenvalue weighted by Crippen LogP contribution is 2.30. The van der Waals surface area contributed by atoms with E-state index in [1.54, 1.807) is 0 Å². The van der Waals surface area contributed by atoms with Gasteiger partial charge in [0.15, 0.2) is 0 Å². The van der Waals surface area contributed by atoms with Gasteiger partial charge >= 0.3 is 0 Å². The van der Waals surface area contributed by atoms with Crippen LogP contribution in [0.25, 0.3) is 10.9 Å². The van der Waals surface area contributed by atoms with E-state index in [2.05, 4.69) is 10.4 Å². The highest BCUT2D eigenvalue weighted by Gasteiger charge is 2.07. The molecule has 0 aliphatic heterocycles. The lowest BCUT2D eigenvalue weighted by atomic mass is 10.2. The molecule has 1 heterocycles. The molecule has 0 radical (unpaired) electrons. The van der Waals surface area contributed by atoms with E-state index in [1.165, 1.54) is 0 Å². The summed E-state index contributed by atoms with van der Waals surface area (Å²) in [6.07, 6.45) is 1.83. The molecule has 3 rings (SSSR count). The molecular weight excluding hydrogens is 286 g/mol. The van der Waals surface area contributed by atoms with Crippen molar-refractivity contribution in [1.29, 1.82) is 0 Å². The first-order valence-electron chi connectivity index (χ1n) is 6.70. The van der Waals surface area contributed by atoms with Gasteiger partial charge in [-0.05, 0) is 37.4 Å². The fourth-order valence-corrected chi connectivity index (χ4v) is 2.45. The van der Waals surface area contributed by atoms with Gasteiger partial charge in [0.1, 0.15) is 11.5 Å². The first-order chi connectivity index (χ1) is 10.2. The molecule has 108 valence electrons. The Bertz CT molecular complexity index is 782. The first-order valence-corrected chi connectivity index (χ1v) is 7.08. The van der Waals surface area contributed by atoms with Gasteiger partial charge in [-0.1, -0.05) is 17.7 Å². The maximum atomic E-state index is 6.07. The number of nitrogens with one attached hydrogen (secondary N) is 1. The molecule has 0 unspecified atom stereocenters. The van der Waals surface area contributed by atoms with Crippen LogP contribution in [0, 0.1) is 0 Å². The Morgan fingerprint density at radius 3 is 2.90 bits per heavy atom. The highest BCUT2D eigenvalue weighted by molar-refractivity contribution is 6.30. The number of hydrogen-bond acceptors (Lipinski definition) is 3. The third-order valence-corrected chi connectivity index (χ3v) is 3.58. The van der Waals surface area contributed by atoms with Gasteiger partial charge in [-0.15, -0.1) is 0 Å². The second kappa shape index (κ2) is 5.76. The third-order valence-electron chi connectivity index (χ3n) is 3.34. The quantitative estimate of drug-likeness (QED) is 0.798. The maximum absolute atomic E-state index is 6.07. The molecule has 4 nitrogen and oxygen atoms in total. The topological polar surface area (TPSA) is 39.1 Å². The van der Waals surface area contributed by atoms with Crippen LogP contribution in [0.2, 0.25) is 5.02 Å². The summed E-state index contributed by atoms with van der Waals surface area (Å²) in [7, 11) is 3.82. The third kappa shape index (κ3) is 2.86. The van der Waals surface area contributed by atoms with Crippen molar-refractivity contribution in [3.63, 3.8) is 0 Å². The Labute approximate surface area is 128 Å². The molecule has 0 spiro atoms. The van der Waals surface area contributed by atoms with Crippen LogP contribution in [-0.2, 0) is 13.6 Å². The fraction of sp³-hybridized carbons (Fsp3) is 0.188. The largest absolute Gasteiger partial charge is 0.457 e. The minimum Gasteiger partial charge on any atom is -0.457 e. The Hall–Kier alpha value is -2.04. The molecule has 0 aliphatic rings. The van der Waals surface area contributed by atoms with Crippen LogP contribution >= 0.6 is 11.6 Å². The zero-order valence-corrected chi connectivity index (χ0v) is 12.7. The van der Waals surface area contributed by atoms with Crippen molar-refractivity contribution in [1.82, 2.24) is 15.1 Å². The minimum absolute atomic E-state index is 0.660. The molecule has 0 bridgehead atoms. The average Bonchev–Trinajstić information content (AvgIpc) is 2.83. The van der Waals surface area contributed by atoms with E-state index in [-0.39, 0.29) is 0 Å². The zero-order chi connectivity index (χ0) is 14.8. The Morgan fingerprint density at radius 1 is 1.24 bits per heavy atom. The summed E-state index contributed by atoms with van der Waals surface area (Å²) in [6, 6.07) is 11.6. The predicted molar refractivity (Wildman–Crippen MR) is 85.0 cm³/mol. The molecule has 0 atom stereocenters. The van der Waals surface area contributed by atoms with Crippen LogP contribution in [0.1, 0.15) is 5.56 Å². The molecule has 0 amide bonds. The van der Waals surface area contributed by atoms with Crippen molar-refractivity contribution in [2.45, 2.75) is 6.54 Å². The van der Waals surface area contributed by atoms with Gasteiger partial charge in [0.25, 0.3) is 0 Å². The monoisotopic (exact) mass is 301 g/mol. The summed E-state index contributed by atoms with van der Waals surface area (Å²) in [6.45, 7) is 0.724. The minimum atomic E-state index is 0.660. The van der Waals surface area contributed by atoms with Crippen molar-refractivity contribution in [2.75, 3.05) is 7.05 Å². The van der Waals surface area contributed by atoms with E-state index in [4.69, 9.17) is 16.3 Å². The molecule has 0 saturated heterocycles. The number of hydrogen-bond donors (Lipinski definition) is 1. The van der Waals surface area contributed by atoms with Crippen molar-refractivity contribution in [3.8, 4) is 11.5 Å². The van der Waals surface area contributed by atoms with Gasteiger partial charge in [0.05, 0.1) is 11.7 Å². The van der Waals surface area contributed by atoms with Crippen LogP contribution in [0.5, 0.6) is 11.5 Å². The van der Waals surface area contributed by atoms with Crippen LogP contribution in [0.4, 0.5) is 0 Å². The molecule has 0 aliphatic carbocycles. The molecular formula is C16H16ClN3O. The van der Waals surface area contributed by atoms with E-state index < -0.39 is 0 Å². The van der Waals surface area contributed by atoms with Gasteiger partial charge in [0, 0.05) is 29.6 Å². The van der Waals surface area contributed by atoms with Crippen LogP contribution in [0.3, 0.4) is 0 Å². The summed E-state index contributed by atoms with van der Waals surface area (Å²) < 4.78 is 7.84.